The predicted molar refractivity (Wildman–Crippen MR) is 147 cm³/mol. The van der Waals surface area contributed by atoms with E-state index in [0.717, 1.165) is 41.8 Å². The number of piperidine rings is 1. The van der Waals surface area contributed by atoms with Crippen LogP contribution in [0.5, 0.6) is 11.5 Å². The Morgan fingerprint density at radius 3 is 2.65 bits per heavy atom. The van der Waals surface area contributed by atoms with Crippen LogP contribution in [0.25, 0.3) is 11.0 Å². The Morgan fingerprint density at radius 2 is 1.89 bits per heavy atom. The highest BCUT2D eigenvalue weighted by atomic mass is 32.1. The highest BCUT2D eigenvalue weighted by Gasteiger charge is 2.34. The number of hydrazone groups is 1. The lowest BCUT2D eigenvalue weighted by molar-refractivity contribution is 0.166. The molecule has 0 amide bonds. The molecule has 2 aliphatic heterocycles. The second-order valence-corrected chi connectivity index (χ2v) is 10.2. The molecule has 37 heavy (non-hydrogen) atoms. The van der Waals surface area contributed by atoms with Crippen LogP contribution in [0.15, 0.2) is 69.9 Å². The number of imidazole rings is 1. The molecule has 4 heterocycles. The number of para-hydroxylation sites is 2. The minimum atomic E-state index is -0.233. The molecule has 1 unspecified atom stereocenters. The number of thiophene rings is 1. The van der Waals surface area contributed by atoms with Gasteiger partial charge in [-0.05, 0) is 48.6 Å². The molecule has 1 atom stereocenters. The Kier molecular flexibility index (Phi) is 6.33. The van der Waals surface area contributed by atoms with Crippen LogP contribution in [-0.2, 0) is 0 Å². The van der Waals surface area contributed by atoms with Gasteiger partial charge in [-0.2, -0.15) is 5.10 Å². The van der Waals surface area contributed by atoms with Crippen LogP contribution in [0.1, 0.15) is 31.2 Å². The first-order valence-corrected chi connectivity index (χ1v) is 13.2. The van der Waals surface area contributed by atoms with Crippen LogP contribution in [0.4, 0.5) is 5.69 Å². The number of ether oxygens (including phenoxy) is 2. The third kappa shape index (κ3) is 4.35. The van der Waals surface area contributed by atoms with E-state index in [1.54, 1.807) is 11.3 Å². The fourth-order valence-electron chi connectivity index (χ4n) is 5.34. The molecule has 0 spiro atoms. The van der Waals surface area contributed by atoms with Gasteiger partial charge in [0.15, 0.2) is 17.3 Å². The standard InChI is InChI=1S/C26H29N7O3S.H2/c27-30-25(33(28)18-7-8-21-22(16-18)36-14-13-35-21)24(23-6-3-15-37-23)31-11-9-17(10-12-31)32-20-5-2-1-4-19(20)29-26(32)34;/h1-8,15-17,24H,9-14,27-28H2,(H,29,34);1H/b30-25-;. The van der Waals surface area contributed by atoms with Crippen molar-refractivity contribution in [2.24, 2.45) is 16.8 Å². The van der Waals surface area contributed by atoms with Gasteiger partial charge in [0.25, 0.3) is 0 Å². The van der Waals surface area contributed by atoms with Crippen molar-refractivity contribution in [3.8, 4) is 11.5 Å². The molecule has 0 aliphatic carbocycles. The Morgan fingerprint density at radius 1 is 1.11 bits per heavy atom. The molecule has 0 bridgehead atoms. The number of nitrogens with one attached hydrogen (secondary N) is 1. The third-order valence-electron chi connectivity index (χ3n) is 7.09. The summed E-state index contributed by atoms with van der Waals surface area (Å²) in [5, 5.41) is 7.75. The number of benzene rings is 2. The first kappa shape index (κ1) is 23.6. The monoisotopic (exact) mass is 521 g/mol. The van der Waals surface area contributed by atoms with Gasteiger partial charge >= 0.3 is 5.69 Å². The fraction of sp³-hybridized carbons (Fsp3) is 0.308. The third-order valence-corrected chi connectivity index (χ3v) is 8.02. The Hall–Kier alpha value is -3.80. The van der Waals surface area contributed by atoms with Crippen molar-refractivity contribution in [2.45, 2.75) is 24.9 Å². The van der Waals surface area contributed by atoms with Crippen molar-refractivity contribution < 1.29 is 10.9 Å². The minimum Gasteiger partial charge on any atom is -0.486 e. The van der Waals surface area contributed by atoms with E-state index in [-0.39, 0.29) is 19.2 Å². The van der Waals surface area contributed by atoms with Crippen LogP contribution in [0, 0.1) is 0 Å². The summed E-state index contributed by atoms with van der Waals surface area (Å²) in [5.41, 5.74) is 2.44. The normalized spacial score (nSPS) is 17.7. The molecule has 4 aromatic rings. The van der Waals surface area contributed by atoms with Gasteiger partial charge in [0.05, 0.1) is 16.7 Å². The Labute approximate surface area is 219 Å². The lowest BCUT2D eigenvalue weighted by atomic mass is 10.0. The molecule has 0 saturated carbocycles. The molecular weight excluding hydrogens is 490 g/mol. The number of hydrogen-bond acceptors (Lipinski definition) is 8. The number of fused-ring (bicyclic) bond motifs is 2. The van der Waals surface area contributed by atoms with Crippen LogP contribution in [0.3, 0.4) is 0 Å². The van der Waals surface area contributed by atoms with E-state index in [9.17, 15) is 4.79 Å². The number of hydrazine groups is 1. The summed E-state index contributed by atoms with van der Waals surface area (Å²) < 4.78 is 13.3. The van der Waals surface area contributed by atoms with Crippen molar-refractivity contribution in [3.05, 3.63) is 75.3 Å². The Bertz CT molecular complexity index is 1480. The van der Waals surface area contributed by atoms with Crippen LogP contribution in [0.2, 0.25) is 0 Å². The zero-order valence-corrected chi connectivity index (χ0v) is 21.1. The number of likely N-dealkylation sites (tertiary alicyclic amines) is 1. The lowest BCUT2D eigenvalue weighted by Crippen LogP contribution is -2.49. The largest absolute Gasteiger partial charge is 0.486 e. The molecule has 11 heteroatoms. The maximum atomic E-state index is 12.8. The van der Waals surface area contributed by atoms with Gasteiger partial charge in [-0.1, -0.05) is 18.2 Å². The molecule has 0 radical (unpaired) electrons. The summed E-state index contributed by atoms with van der Waals surface area (Å²) in [5.74, 6) is 14.5. The minimum absolute atomic E-state index is 0. The number of anilines is 1. The summed E-state index contributed by atoms with van der Waals surface area (Å²) >= 11 is 1.64. The number of amidine groups is 1. The average Bonchev–Trinajstić information content (AvgIpc) is 3.58. The quantitative estimate of drug-likeness (QED) is 0.159. The van der Waals surface area contributed by atoms with E-state index >= 15 is 0 Å². The molecule has 2 aliphatic rings. The van der Waals surface area contributed by atoms with E-state index in [1.807, 2.05) is 58.5 Å². The van der Waals surface area contributed by atoms with Gasteiger partial charge in [-0.3, -0.25) is 14.5 Å². The molecule has 10 nitrogen and oxygen atoms in total. The molecule has 1 fully saturated rings. The van der Waals surface area contributed by atoms with Crippen LogP contribution >= 0.6 is 11.3 Å². The molecule has 2 aromatic heterocycles. The number of nitrogens with two attached hydrogens (primary N) is 2. The van der Waals surface area contributed by atoms with Crippen LogP contribution < -0.4 is 31.9 Å². The van der Waals surface area contributed by atoms with E-state index < -0.39 is 0 Å². The number of H-pyrrole nitrogens is 1. The van der Waals surface area contributed by atoms with Gasteiger partial charge in [-0.15, -0.1) is 11.3 Å². The molecule has 6 rings (SSSR count). The first-order chi connectivity index (χ1) is 18.1. The maximum absolute atomic E-state index is 12.8. The number of aromatic amines is 1. The maximum Gasteiger partial charge on any atom is 0.326 e. The van der Waals surface area contributed by atoms with E-state index in [1.165, 1.54) is 5.01 Å². The number of nitrogens with zero attached hydrogens (tertiary/aromatic N) is 4. The lowest BCUT2D eigenvalue weighted by Gasteiger charge is -2.39. The van der Waals surface area contributed by atoms with Crippen molar-refractivity contribution >= 4 is 33.9 Å². The van der Waals surface area contributed by atoms with Gasteiger partial charge < -0.3 is 20.3 Å². The number of aromatic nitrogens is 2. The summed E-state index contributed by atoms with van der Waals surface area (Å²) in [7, 11) is 0. The van der Waals surface area contributed by atoms with Crippen LogP contribution in [-0.4, -0.2) is 46.6 Å². The summed E-state index contributed by atoms with van der Waals surface area (Å²) in [6, 6.07) is 17.4. The SMILES string of the molecule is N/N=C(/C(c1cccs1)N1CCC(n2c(=O)[nH]c3ccccc32)CC1)N(N)c1ccc2c(c1)OCCO2.[HH]. The van der Waals surface area contributed by atoms with Gasteiger partial charge in [0.2, 0.25) is 0 Å². The highest BCUT2D eigenvalue weighted by Crippen LogP contribution is 2.37. The van der Waals surface area contributed by atoms with Gasteiger partial charge in [0, 0.05) is 31.5 Å². The van der Waals surface area contributed by atoms with Crippen molar-refractivity contribution in [2.75, 3.05) is 31.3 Å². The van der Waals surface area contributed by atoms with E-state index in [4.69, 9.17) is 21.2 Å². The first-order valence-electron chi connectivity index (χ1n) is 12.3. The summed E-state index contributed by atoms with van der Waals surface area (Å²) in [4.78, 5) is 19.2. The second-order valence-electron chi connectivity index (χ2n) is 9.19. The summed E-state index contributed by atoms with van der Waals surface area (Å²) in [6.07, 6.45) is 1.63. The van der Waals surface area contributed by atoms with Crippen molar-refractivity contribution in [3.63, 3.8) is 0 Å². The number of rotatable bonds is 5. The molecule has 2 aromatic carbocycles. The average molecular weight is 522 g/mol. The highest BCUT2D eigenvalue weighted by molar-refractivity contribution is 7.10. The topological polar surface area (TPSA) is 127 Å². The predicted octanol–water partition coefficient (Wildman–Crippen LogP) is 3.44. The zero-order valence-electron chi connectivity index (χ0n) is 20.2. The molecule has 194 valence electrons. The van der Waals surface area contributed by atoms with Gasteiger partial charge in [-0.25, -0.2) is 10.6 Å². The van der Waals surface area contributed by atoms with Gasteiger partial charge in [0.1, 0.15) is 19.3 Å². The number of hydrogen-bond donors (Lipinski definition) is 3. The Balaban J connectivity index is 0.00000294. The second kappa shape index (κ2) is 9.92. The van der Waals surface area contributed by atoms with Crippen molar-refractivity contribution in [1.29, 1.82) is 0 Å². The van der Waals surface area contributed by atoms with E-state index in [0.29, 0.717) is 36.2 Å². The summed E-state index contributed by atoms with van der Waals surface area (Å²) in [6.45, 7) is 2.53. The zero-order chi connectivity index (χ0) is 25.4. The smallest absolute Gasteiger partial charge is 0.326 e. The van der Waals surface area contributed by atoms with Crippen molar-refractivity contribution in [1.82, 2.24) is 14.5 Å². The fourth-order valence-corrected chi connectivity index (χ4v) is 6.19. The molecule has 1 saturated heterocycles. The molecule has 5 N–H and O–H groups in total. The molecular formula is C26H31N7O3S. The van der Waals surface area contributed by atoms with E-state index in [2.05, 4.69) is 21.1 Å².